The van der Waals surface area contributed by atoms with Crippen LogP contribution in [0.25, 0.3) is 0 Å². The number of hydrogen-bond acceptors (Lipinski definition) is 3. The molecule has 1 fully saturated rings. The summed E-state index contributed by atoms with van der Waals surface area (Å²) in [5.41, 5.74) is 0.516. The highest BCUT2D eigenvalue weighted by Gasteiger charge is 2.31. The van der Waals surface area contributed by atoms with Gasteiger partial charge in [0, 0.05) is 31.6 Å². The molecular weight excluding hydrogens is 308 g/mol. The first-order valence-electron chi connectivity index (χ1n) is 8.08. The Kier molecular flexibility index (Phi) is 5.26. The van der Waals surface area contributed by atoms with Gasteiger partial charge in [-0.15, -0.1) is 0 Å². The van der Waals surface area contributed by atoms with Crippen molar-refractivity contribution in [3.8, 4) is 0 Å². The summed E-state index contributed by atoms with van der Waals surface area (Å²) in [7, 11) is 0. The number of anilines is 1. The smallest absolute Gasteiger partial charge is 0.309 e. The SMILES string of the molecule is CC(=O)N(Cc1ccc(NC(=O)CC(C)(C)C(=O)O)cc1)C1CC1. The molecule has 24 heavy (non-hydrogen) atoms. The van der Waals surface area contributed by atoms with Crippen molar-refractivity contribution in [3.05, 3.63) is 29.8 Å². The molecule has 0 atom stereocenters. The number of carboxylic acids is 1. The van der Waals surface area contributed by atoms with Crippen LogP contribution in [0.15, 0.2) is 24.3 Å². The molecule has 0 spiro atoms. The van der Waals surface area contributed by atoms with Gasteiger partial charge in [-0.25, -0.2) is 0 Å². The first-order valence-corrected chi connectivity index (χ1v) is 8.08. The molecule has 0 unspecified atom stereocenters. The van der Waals surface area contributed by atoms with Crippen LogP contribution in [0.3, 0.4) is 0 Å². The van der Waals surface area contributed by atoms with Gasteiger partial charge < -0.3 is 15.3 Å². The summed E-state index contributed by atoms with van der Waals surface area (Å²) in [6, 6.07) is 7.64. The van der Waals surface area contributed by atoms with Crippen LogP contribution in [0.4, 0.5) is 5.69 Å². The van der Waals surface area contributed by atoms with E-state index in [1.54, 1.807) is 19.1 Å². The van der Waals surface area contributed by atoms with Crippen LogP contribution in [0.2, 0.25) is 0 Å². The molecule has 1 aliphatic carbocycles. The number of carboxylic acid groups (broad SMARTS) is 1. The van der Waals surface area contributed by atoms with Crippen LogP contribution in [0.1, 0.15) is 45.6 Å². The predicted octanol–water partition coefficient (Wildman–Crippen LogP) is 2.64. The van der Waals surface area contributed by atoms with Gasteiger partial charge in [0.1, 0.15) is 0 Å². The molecule has 2 amide bonds. The average molecular weight is 332 g/mol. The quantitative estimate of drug-likeness (QED) is 0.803. The highest BCUT2D eigenvalue weighted by molar-refractivity contribution is 5.94. The number of rotatable bonds is 7. The number of nitrogens with zero attached hydrogens (tertiary/aromatic N) is 1. The van der Waals surface area contributed by atoms with E-state index in [2.05, 4.69) is 5.32 Å². The van der Waals surface area contributed by atoms with Gasteiger partial charge in [0.25, 0.3) is 0 Å². The molecule has 2 rings (SSSR count). The summed E-state index contributed by atoms with van der Waals surface area (Å²) in [5.74, 6) is -1.26. The number of amides is 2. The molecule has 1 aliphatic rings. The number of aliphatic carboxylic acids is 1. The van der Waals surface area contributed by atoms with E-state index in [1.807, 2.05) is 17.0 Å². The third kappa shape index (κ3) is 4.81. The number of carbonyl (C=O) groups excluding carboxylic acids is 2. The summed E-state index contributed by atoms with van der Waals surface area (Å²) in [4.78, 5) is 36.5. The molecule has 0 saturated heterocycles. The number of carbonyl (C=O) groups is 3. The van der Waals surface area contributed by atoms with E-state index < -0.39 is 11.4 Å². The fourth-order valence-corrected chi connectivity index (χ4v) is 2.46. The zero-order valence-corrected chi connectivity index (χ0v) is 14.3. The second kappa shape index (κ2) is 7.03. The maximum atomic E-state index is 12.0. The zero-order valence-electron chi connectivity index (χ0n) is 14.3. The molecule has 0 heterocycles. The first kappa shape index (κ1) is 18.0. The summed E-state index contributed by atoms with van der Waals surface area (Å²) >= 11 is 0. The Hall–Kier alpha value is -2.37. The Balaban J connectivity index is 1.93. The van der Waals surface area contributed by atoms with E-state index >= 15 is 0 Å². The van der Waals surface area contributed by atoms with Crippen molar-refractivity contribution in [2.45, 2.75) is 52.6 Å². The molecule has 1 aromatic rings. The van der Waals surface area contributed by atoms with Crippen molar-refractivity contribution >= 4 is 23.5 Å². The Morgan fingerprint density at radius 1 is 1.21 bits per heavy atom. The summed E-state index contributed by atoms with van der Waals surface area (Å²) < 4.78 is 0. The fraction of sp³-hybridized carbons (Fsp3) is 0.500. The number of hydrogen-bond donors (Lipinski definition) is 2. The second-order valence-electron chi connectivity index (χ2n) is 6.99. The zero-order chi connectivity index (χ0) is 17.9. The van der Waals surface area contributed by atoms with Crippen molar-refractivity contribution in [3.63, 3.8) is 0 Å². The predicted molar refractivity (Wildman–Crippen MR) is 90.4 cm³/mol. The van der Waals surface area contributed by atoms with Crippen molar-refractivity contribution < 1.29 is 19.5 Å². The number of nitrogens with one attached hydrogen (secondary N) is 1. The van der Waals surface area contributed by atoms with Crippen molar-refractivity contribution in [2.24, 2.45) is 5.41 Å². The Morgan fingerprint density at radius 2 is 1.79 bits per heavy atom. The molecule has 2 N–H and O–H groups in total. The minimum Gasteiger partial charge on any atom is -0.481 e. The van der Waals surface area contributed by atoms with Crippen LogP contribution in [-0.2, 0) is 20.9 Å². The van der Waals surface area contributed by atoms with Gasteiger partial charge in [0.2, 0.25) is 11.8 Å². The molecule has 0 aliphatic heterocycles. The minimum atomic E-state index is -1.10. The lowest BCUT2D eigenvalue weighted by Gasteiger charge is -2.21. The van der Waals surface area contributed by atoms with Gasteiger partial charge in [-0.3, -0.25) is 14.4 Å². The Morgan fingerprint density at radius 3 is 2.25 bits per heavy atom. The molecular formula is C18H24N2O4. The monoisotopic (exact) mass is 332 g/mol. The molecule has 130 valence electrons. The lowest BCUT2D eigenvalue weighted by atomic mass is 9.89. The first-order chi connectivity index (χ1) is 11.2. The van der Waals surface area contributed by atoms with Crippen LogP contribution >= 0.6 is 0 Å². The van der Waals surface area contributed by atoms with E-state index in [-0.39, 0.29) is 18.2 Å². The van der Waals surface area contributed by atoms with Gasteiger partial charge in [-0.1, -0.05) is 12.1 Å². The maximum Gasteiger partial charge on any atom is 0.309 e. The highest BCUT2D eigenvalue weighted by Crippen LogP contribution is 2.28. The average Bonchev–Trinajstić information content (AvgIpc) is 3.29. The van der Waals surface area contributed by atoms with E-state index in [4.69, 9.17) is 5.11 Å². The topological polar surface area (TPSA) is 86.7 Å². The number of benzene rings is 1. The second-order valence-corrected chi connectivity index (χ2v) is 6.99. The minimum absolute atomic E-state index is 0.0748. The molecule has 0 bridgehead atoms. The van der Waals surface area contributed by atoms with E-state index in [9.17, 15) is 14.4 Å². The molecule has 6 nitrogen and oxygen atoms in total. The van der Waals surface area contributed by atoms with Crippen molar-refractivity contribution in [2.75, 3.05) is 5.32 Å². The lowest BCUT2D eigenvalue weighted by Crippen LogP contribution is -2.30. The van der Waals surface area contributed by atoms with Gasteiger partial charge >= 0.3 is 5.97 Å². The van der Waals surface area contributed by atoms with Crippen LogP contribution in [0, 0.1) is 5.41 Å². The van der Waals surface area contributed by atoms with Gasteiger partial charge in [0.15, 0.2) is 0 Å². The van der Waals surface area contributed by atoms with Crippen LogP contribution in [0.5, 0.6) is 0 Å². The van der Waals surface area contributed by atoms with Crippen molar-refractivity contribution in [1.29, 1.82) is 0 Å². The summed E-state index contributed by atoms with van der Waals surface area (Å²) in [5, 5.41) is 11.8. The normalized spacial score (nSPS) is 14.1. The van der Waals surface area contributed by atoms with Gasteiger partial charge in [0.05, 0.1) is 5.41 Å². The van der Waals surface area contributed by atoms with Crippen molar-refractivity contribution in [1.82, 2.24) is 4.90 Å². The third-order valence-corrected chi connectivity index (χ3v) is 4.16. The Bertz CT molecular complexity index is 633. The van der Waals surface area contributed by atoms with E-state index in [0.717, 1.165) is 18.4 Å². The largest absolute Gasteiger partial charge is 0.481 e. The molecule has 1 saturated carbocycles. The molecule has 6 heteroatoms. The summed E-state index contributed by atoms with van der Waals surface area (Å²) in [6.07, 6.45) is 2.03. The van der Waals surface area contributed by atoms with E-state index in [0.29, 0.717) is 18.3 Å². The maximum absolute atomic E-state index is 12.0. The summed E-state index contributed by atoms with van der Waals surface area (Å²) in [6.45, 7) is 5.19. The molecule has 1 aromatic carbocycles. The van der Waals surface area contributed by atoms with Gasteiger partial charge in [-0.2, -0.15) is 0 Å². The molecule has 0 aromatic heterocycles. The lowest BCUT2D eigenvalue weighted by molar-refractivity contribution is -0.149. The fourth-order valence-electron chi connectivity index (χ4n) is 2.46. The highest BCUT2D eigenvalue weighted by atomic mass is 16.4. The third-order valence-electron chi connectivity index (χ3n) is 4.16. The van der Waals surface area contributed by atoms with Crippen LogP contribution in [-0.4, -0.2) is 33.8 Å². The molecule has 0 radical (unpaired) electrons. The standard InChI is InChI=1S/C18H24N2O4/c1-12(21)20(15-8-9-15)11-13-4-6-14(7-5-13)19-16(22)10-18(2,3)17(23)24/h4-7,15H,8-11H2,1-3H3,(H,19,22)(H,23,24). The van der Waals surface area contributed by atoms with Crippen LogP contribution < -0.4 is 5.32 Å². The van der Waals surface area contributed by atoms with E-state index in [1.165, 1.54) is 13.8 Å². The van der Waals surface area contributed by atoms with Gasteiger partial charge in [-0.05, 0) is 44.4 Å². The Labute approximate surface area is 141 Å².